The fourth-order valence-electron chi connectivity index (χ4n) is 2.76. The molecule has 0 nitrogen and oxygen atoms in total. The molecule has 0 N–H and O–H groups in total. The third kappa shape index (κ3) is 9.97. The molecule has 0 amide bonds. The molecule has 4 unspecified atom stereocenters. The first-order valence-electron chi connectivity index (χ1n) is 8.13. The predicted molar refractivity (Wildman–Crippen MR) is 89.2 cm³/mol. The van der Waals surface area contributed by atoms with Crippen LogP contribution in [0.25, 0.3) is 0 Å². The van der Waals surface area contributed by atoms with E-state index in [0.717, 1.165) is 23.7 Å². The van der Waals surface area contributed by atoms with Gasteiger partial charge in [-0.3, -0.25) is 0 Å². The second kappa shape index (κ2) is 15.1. The summed E-state index contributed by atoms with van der Waals surface area (Å²) in [6.07, 6.45) is 7.28. The minimum Gasteiger partial charge on any atom is -0.0776 e. The summed E-state index contributed by atoms with van der Waals surface area (Å²) in [7, 11) is 0. The summed E-state index contributed by atoms with van der Waals surface area (Å²) in [6, 6.07) is 0. The van der Waals surface area contributed by atoms with Crippen LogP contribution >= 0.6 is 0 Å². The van der Waals surface area contributed by atoms with Crippen molar-refractivity contribution in [3.63, 3.8) is 0 Å². The maximum atomic E-state index is 2.46. The van der Waals surface area contributed by atoms with Gasteiger partial charge in [0.15, 0.2) is 0 Å². The van der Waals surface area contributed by atoms with Crippen molar-refractivity contribution in [1.82, 2.24) is 0 Å². The van der Waals surface area contributed by atoms with Crippen LogP contribution in [0, 0.1) is 23.7 Å². The zero-order valence-electron chi connectivity index (χ0n) is 13.8. The van der Waals surface area contributed by atoms with Crippen LogP contribution in [-0.4, -0.2) is 0 Å². The molecule has 0 saturated heterocycles. The Labute approximate surface area is 119 Å². The third-order valence-electron chi connectivity index (χ3n) is 4.01. The maximum Gasteiger partial charge on any atom is -0.0386 e. The first kappa shape index (κ1) is 23.1. The second-order valence-corrected chi connectivity index (χ2v) is 5.40. The summed E-state index contributed by atoms with van der Waals surface area (Å²) in [4.78, 5) is 0. The van der Waals surface area contributed by atoms with E-state index in [1.54, 1.807) is 0 Å². The zero-order chi connectivity index (χ0) is 13.8. The highest BCUT2D eigenvalue weighted by Gasteiger charge is 2.25. The largest absolute Gasteiger partial charge is 0.0776 e. The van der Waals surface area contributed by atoms with Gasteiger partial charge >= 0.3 is 0 Å². The molecule has 1 aliphatic carbocycles. The van der Waals surface area contributed by atoms with E-state index in [1.807, 2.05) is 27.7 Å². The van der Waals surface area contributed by atoms with E-state index in [4.69, 9.17) is 0 Å². The fraction of sp³-hybridized carbons (Fsp3) is 1.00. The molecule has 1 aliphatic rings. The van der Waals surface area contributed by atoms with E-state index in [1.165, 1.54) is 32.1 Å². The zero-order valence-corrected chi connectivity index (χ0v) is 13.8. The monoisotopic (exact) mass is 258 g/mol. The van der Waals surface area contributed by atoms with Gasteiger partial charge in [0, 0.05) is 0 Å². The van der Waals surface area contributed by atoms with E-state index in [-0.39, 0.29) is 7.43 Å². The highest BCUT2D eigenvalue weighted by atomic mass is 14.3. The van der Waals surface area contributed by atoms with Gasteiger partial charge in [-0.2, -0.15) is 0 Å². The first-order valence-corrected chi connectivity index (χ1v) is 8.13. The Kier molecular flexibility index (Phi) is 19.3. The molecular weight excluding hydrogens is 216 g/mol. The van der Waals surface area contributed by atoms with Gasteiger partial charge < -0.3 is 0 Å². The highest BCUT2D eigenvalue weighted by Crippen LogP contribution is 2.37. The molecule has 0 aliphatic heterocycles. The van der Waals surface area contributed by atoms with E-state index in [0.29, 0.717) is 0 Å². The lowest BCUT2D eigenvalue weighted by Crippen LogP contribution is -2.23. The van der Waals surface area contributed by atoms with Gasteiger partial charge in [-0.25, -0.2) is 0 Å². The lowest BCUT2D eigenvalue weighted by atomic mass is 9.72. The Balaban J connectivity index is -0.000000409. The normalized spacial score (nSPS) is 27.7. The Morgan fingerprint density at radius 3 is 1.89 bits per heavy atom. The highest BCUT2D eigenvalue weighted by molar-refractivity contribution is 4.76. The van der Waals surface area contributed by atoms with E-state index < -0.39 is 0 Å². The Hall–Kier alpha value is 0. The molecule has 114 valence electrons. The summed E-state index contributed by atoms with van der Waals surface area (Å²) < 4.78 is 0. The number of hydrogen-bond acceptors (Lipinski definition) is 0. The van der Waals surface area contributed by atoms with Gasteiger partial charge in [-0.15, -0.1) is 0 Å². The van der Waals surface area contributed by atoms with Crippen LogP contribution in [0.2, 0.25) is 0 Å². The summed E-state index contributed by atoms with van der Waals surface area (Å²) in [5.74, 6) is 3.95. The molecule has 1 rings (SSSR count). The Morgan fingerprint density at radius 2 is 1.50 bits per heavy atom. The molecule has 18 heavy (non-hydrogen) atoms. The minimum atomic E-state index is 0. The summed E-state index contributed by atoms with van der Waals surface area (Å²) in [6.45, 7) is 17.6. The SMILES string of the molecule is C.CC.CC.CCC(C)CC1CCC(C)CC1C. The van der Waals surface area contributed by atoms with Crippen LogP contribution in [-0.2, 0) is 0 Å². The molecular formula is C18H42. The average Bonchev–Trinajstić information content (AvgIpc) is 2.37. The molecule has 0 spiro atoms. The van der Waals surface area contributed by atoms with Crippen LogP contribution in [0.3, 0.4) is 0 Å². The number of hydrogen-bond donors (Lipinski definition) is 0. The molecule has 0 aromatic heterocycles. The average molecular weight is 259 g/mol. The molecule has 4 atom stereocenters. The summed E-state index contributed by atoms with van der Waals surface area (Å²) in [5, 5.41) is 0. The van der Waals surface area contributed by atoms with Gasteiger partial charge in [0.05, 0.1) is 0 Å². The summed E-state index contributed by atoms with van der Waals surface area (Å²) >= 11 is 0. The fourth-order valence-corrected chi connectivity index (χ4v) is 2.76. The lowest BCUT2D eigenvalue weighted by Gasteiger charge is -2.34. The molecule has 0 heterocycles. The van der Waals surface area contributed by atoms with Crippen molar-refractivity contribution in [3.8, 4) is 0 Å². The molecule has 1 fully saturated rings. The van der Waals surface area contributed by atoms with Crippen molar-refractivity contribution < 1.29 is 0 Å². The van der Waals surface area contributed by atoms with E-state index in [9.17, 15) is 0 Å². The molecule has 0 bridgehead atoms. The number of rotatable bonds is 3. The van der Waals surface area contributed by atoms with Gasteiger partial charge in [0.25, 0.3) is 0 Å². The Bertz CT molecular complexity index is 139. The maximum absolute atomic E-state index is 2.46. The van der Waals surface area contributed by atoms with Crippen LogP contribution in [0.1, 0.15) is 94.9 Å². The molecule has 0 radical (unpaired) electrons. The lowest BCUT2D eigenvalue weighted by molar-refractivity contribution is 0.174. The molecule has 0 aromatic carbocycles. The quantitative estimate of drug-likeness (QED) is 0.503. The van der Waals surface area contributed by atoms with Crippen LogP contribution in [0.5, 0.6) is 0 Å². The van der Waals surface area contributed by atoms with E-state index in [2.05, 4.69) is 27.7 Å². The van der Waals surface area contributed by atoms with Gasteiger partial charge in [-0.1, -0.05) is 75.7 Å². The Morgan fingerprint density at radius 1 is 1.00 bits per heavy atom. The van der Waals surface area contributed by atoms with Crippen molar-refractivity contribution in [2.75, 3.05) is 0 Å². The van der Waals surface area contributed by atoms with Crippen LogP contribution < -0.4 is 0 Å². The van der Waals surface area contributed by atoms with Crippen molar-refractivity contribution in [3.05, 3.63) is 0 Å². The van der Waals surface area contributed by atoms with Gasteiger partial charge in [-0.05, 0) is 42.9 Å². The van der Waals surface area contributed by atoms with E-state index >= 15 is 0 Å². The van der Waals surface area contributed by atoms with Crippen molar-refractivity contribution in [1.29, 1.82) is 0 Å². The molecule has 1 saturated carbocycles. The van der Waals surface area contributed by atoms with Crippen LogP contribution in [0.15, 0.2) is 0 Å². The van der Waals surface area contributed by atoms with Gasteiger partial charge in [0.1, 0.15) is 0 Å². The van der Waals surface area contributed by atoms with Crippen molar-refractivity contribution in [2.24, 2.45) is 23.7 Å². The predicted octanol–water partition coefficient (Wildman–Crippen LogP) is 7.18. The summed E-state index contributed by atoms with van der Waals surface area (Å²) in [5.41, 5.74) is 0. The minimum absolute atomic E-state index is 0. The third-order valence-corrected chi connectivity index (χ3v) is 4.01. The first-order chi connectivity index (χ1) is 8.13. The van der Waals surface area contributed by atoms with Gasteiger partial charge in [0.2, 0.25) is 0 Å². The van der Waals surface area contributed by atoms with Crippen molar-refractivity contribution >= 4 is 0 Å². The van der Waals surface area contributed by atoms with Crippen LogP contribution in [0.4, 0.5) is 0 Å². The molecule has 0 aromatic rings. The van der Waals surface area contributed by atoms with Crippen molar-refractivity contribution in [2.45, 2.75) is 94.9 Å². The second-order valence-electron chi connectivity index (χ2n) is 5.40. The standard InChI is InChI=1S/C13H26.2C2H6.CH4/c1-5-10(2)9-13-7-6-11(3)8-12(13)4;2*1-2;/h10-13H,5-9H2,1-4H3;2*1-2H3;1H4. The topological polar surface area (TPSA) is 0 Å². The molecule has 0 heteroatoms. The smallest absolute Gasteiger partial charge is 0.0386 e.